The van der Waals surface area contributed by atoms with Gasteiger partial charge in [-0.3, -0.25) is 4.57 Å². The Morgan fingerprint density at radius 3 is 2.22 bits per heavy atom. The van der Waals surface area contributed by atoms with Gasteiger partial charge in [0, 0.05) is 39.5 Å². The Labute approximate surface area is 215 Å². The lowest BCUT2D eigenvalue weighted by Gasteiger charge is -2.20. The summed E-state index contributed by atoms with van der Waals surface area (Å²) in [5, 5.41) is 15.1. The van der Waals surface area contributed by atoms with Crippen LogP contribution in [-0.4, -0.2) is 19.2 Å². The van der Waals surface area contributed by atoms with Crippen LogP contribution in [0.1, 0.15) is 26.3 Å². The SMILES string of the molecule is CC(C)(C)c1ccnc(-n2c3cc(O)ccc3c3ccc4c(c5ccccc5n4-c4ccccc4)c32)c1. The molecule has 0 aliphatic carbocycles. The molecule has 0 aliphatic heterocycles. The van der Waals surface area contributed by atoms with Crippen LogP contribution in [0.3, 0.4) is 0 Å². The molecule has 180 valence electrons. The molecule has 0 atom stereocenters. The zero-order valence-corrected chi connectivity index (χ0v) is 21.1. The number of benzene rings is 4. The lowest BCUT2D eigenvalue weighted by molar-refractivity contribution is 0.476. The Kier molecular flexibility index (Phi) is 4.52. The molecule has 4 aromatic carbocycles. The third-order valence-electron chi connectivity index (χ3n) is 7.40. The van der Waals surface area contributed by atoms with E-state index in [4.69, 9.17) is 4.98 Å². The van der Waals surface area contributed by atoms with Crippen LogP contribution in [0, 0.1) is 0 Å². The molecule has 0 spiro atoms. The number of pyridine rings is 1. The number of nitrogens with zero attached hydrogens (tertiary/aromatic N) is 3. The minimum absolute atomic E-state index is 0.0166. The van der Waals surface area contributed by atoms with Crippen molar-refractivity contribution in [2.24, 2.45) is 0 Å². The highest BCUT2D eigenvalue weighted by atomic mass is 16.3. The fourth-order valence-electron chi connectivity index (χ4n) is 5.65. The minimum atomic E-state index is -0.0166. The fourth-order valence-corrected chi connectivity index (χ4v) is 5.65. The molecule has 0 aliphatic rings. The Balaban J connectivity index is 1.72. The van der Waals surface area contributed by atoms with Crippen molar-refractivity contribution < 1.29 is 5.11 Å². The Bertz CT molecular complexity index is 1970. The molecule has 0 bridgehead atoms. The van der Waals surface area contributed by atoms with Gasteiger partial charge in [-0.25, -0.2) is 4.98 Å². The van der Waals surface area contributed by atoms with Gasteiger partial charge in [-0.05, 0) is 59.5 Å². The van der Waals surface area contributed by atoms with E-state index in [1.807, 2.05) is 24.4 Å². The average Bonchev–Trinajstić information content (AvgIpc) is 3.41. The van der Waals surface area contributed by atoms with Gasteiger partial charge in [-0.2, -0.15) is 0 Å². The number of hydrogen-bond acceptors (Lipinski definition) is 2. The second kappa shape index (κ2) is 7.71. The first-order valence-corrected chi connectivity index (χ1v) is 12.6. The zero-order valence-electron chi connectivity index (χ0n) is 21.1. The summed E-state index contributed by atoms with van der Waals surface area (Å²) in [6.07, 6.45) is 1.89. The molecule has 0 amide bonds. The molecule has 7 aromatic rings. The molecule has 0 fully saturated rings. The minimum Gasteiger partial charge on any atom is -0.508 e. The summed E-state index contributed by atoms with van der Waals surface area (Å²) >= 11 is 0. The third-order valence-corrected chi connectivity index (χ3v) is 7.40. The largest absolute Gasteiger partial charge is 0.508 e. The van der Waals surface area contributed by atoms with Crippen molar-refractivity contribution in [2.45, 2.75) is 26.2 Å². The van der Waals surface area contributed by atoms with E-state index < -0.39 is 0 Å². The summed E-state index contributed by atoms with van der Waals surface area (Å²) in [5.74, 6) is 1.09. The van der Waals surface area contributed by atoms with Crippen LogP contribution in [0.4, 0.5) is 0 Å². The molecule has 0 saturated carbocycles. The first-order chi connectivity index (χ1) is 17.9. The summed E-state index contributed by atoms with van der Waals surface area (Å²) < 4.78 is 4.56. The maximum absolute atomic E-state index is 10.5. The van der Waals surface area contributed by atoms with E-state index in [9.17, 15) is 5.11 Å². The van der Waals surface area contributed by atoms with Crippen LogP contribution in [-0.2, 0) is 5.41 Å². The molecule has 4 heteroatoms. The Hall–Kier alpha value is -4.57. The fraction of sp³-hybridized carbons (Fsp3) is 0.121. The van der Waals surface area contributed by atoms with E-state index >= 15 is 0 Å². The molecular weight excluding hydrogens is 454 g/mol. The molecular formula is C33H27N3O. The summed E-state index contributed by atoms with van der Waals surface area (Å²) in [6.45, 7) is 6.65. The summed E-state index contributed by atoms with van der Waals surface area (Å²) in [5.41, 5.74) is 6.66. The first kappa shape index (κ1) is 21.7. The molecule has 7 rings (SSSR count). The Morgan fingerprint density at radius 1 is 0.649 bits per heavy atom. The lowest BCUT2D eigenvalue weighted by Crippen LogP contribution is -2.12. The molecule has 37 heavy (non-hydrogen) atoms. The smallest absolute Gasteiger partial charge is 0.137 e. The van der Waals surface area contributed by atoms with Crippen LogP contribution in [0.5, 0.6) is 5.75 Å². The van der Waals surface area contributed by atoms with Gasteiger partial charge in [0.2, 0.25) is 0 Å². The van der Waals surface area contributed by atoms with Gasteiger partial charge >= 0.3 is 0 Å². The van der Waals surface area contributed by atoms with E-state index in [-0.39, 0.29) is 11.2 Å². The number of fused-ring (bicyclic) bond motifs is 7. The van der Waals surface area contributed by atoms with Crippen molar-refractivity contribution in [1.82, 2.24) is 14.1 Å². The number of hydrogen-bond donors (Lipinski definition) is 1. The highest BCUT2D eigenvalue weighted by Gasteiger charge is 2.22. The Morgan fingerprint density at radius 2 is 1.41 bits per heavy atom. The molecule has 0 saturated heterocycles. The van der Waals surface area contributed by atoms with Gasteiger partial charge in [-0.1, -0.05) is 63.2 Å². The van der Waals surface area contributed by atoms with Crippen molar-refractivity contribution in [1.29, 1.82) is 0 Å². The number of aromatic hydroxyl groups is 1. The summed E-state index contributed by atoms with van der Waals surface area (Å²) in [4.78, 5) is 4.85. The van der Waals surface area contributed by atoms with Crippen molar-refractivity contribution in [3.8, 4) is 17.3 Å². The predicted octanol–water partition coefficient (Wildman–Crippen LogP) is 8.28. The van der Waals surface area contributed by atoms with Gasteiger partial charge in [0.25, 0.3) is 0 Å². The number of phenols is 1. The molecule has 1 N–H and O–H groups in total. The first-order valence-electron chi connectivity index (χ1n) is 12.6. The second-order valence-corrected chi connectivity index (χ2v) is 10.7. The molecule has 4 nitrogen and oxygen atoms in total. The predicted molar refractivity (Wildman–Crippen MR) is 153 cm³/mol. The summed E-state index contributed by atoms with van der Waals surface area (Å²) in [7, 11) is 0. The van der Waals surface area contributed by atoms with Crippen LogP contribution in [0.15, 0.2) is 103 Å². The maximum atomic E-state index is 10.5. The highest BCUT2D eigenvalue weighted by molar-refractivity contribution is 6.26. The normalized spacial score (nSPS) is 12.3. The number of phenolic OH excluding ortho intramolecular Hbond substituents is 1. The topological polar surface area (TPSA) is 43.0 Å². The third kappa shape index (κ3) is 3.19. The highest BCUT2D eigenvalue weighted by Crippen LogP contribution is 2.42. The quantitative estimate of drug-likeness (QED) is 0.270. The van der Waals surface area contributed by atoms with E-state index in [1.165, 1.54) is 16.3 Å². The van der Waals surface area contributed by atoms with Crippen LogP contribution in [0.2, 0.25) is 0 Å². The van der Waals surface area contributed by atoms with Gasteiger partial charge in [0.1, 0.15) is 11.6 Å². The van der Waals surface area contributed by atoms with Crippen molar-refractivity contribution in [3.63, 3.8) is 0 Å². The van der Waals surface area contributed by atoms with Crippen LogP contribution < -0.4 is 0 Å². The molecule has 3 aromatic heterocycles. The van der Waals surface area contributed by atoms with Crippen LogP contribution >= 0.6 is 0 Å². The van der Waals surface area contributed by atoms with E-state index in [2.05, 4.69) is 103 Å². The standard InChI is InChI=1S/C33H27N3O/c1-33(2,3)21-17-18-34-30(19-21)36-29-20-23(37)13-14-24(29)25-15-16-28-31(32(25)36)26-11-7-8-12-27(26)35(28)22-9-5-4-6-10-22/h4-20,37H,1-3H3. The van der Waals surface area contributed by atoms with Gasteiger partial charge in [0.05, 0.1) is 22.1 Å². The van der Waals surface area contributed by atoms with Crippen molar-refractivity contribution >= 4 is 43.6 Å². The van der Waals surface area contributed by atoms with Crippen LogP contribution in [0.25, 0.3) is 55.1 Å². The second-order valence-electron chi connectivity index (χ2n) is 10.7. The molecule has 3 heterocycles. The van der Waals surface area contributed by atoms with E-state index in [1.54, 1.807) is 6.07 Å². The zero-order chi connectivity index (χ0) is 25.3. The number of rotatable bonds is 2. The van der Waals surface area contributed by atoms with Gasteiger partial charge in [0.15, 0.2) is 0 Å². The monoisotopic (exact) mass is 481 g/mol. The average molecular weight is 482 g/mol. The number of aromatic nitrogens is 3. The van der Waals surface area contributed by atoms with Crippen molar-refractivity contribution in [2.75, 3.05) is 0 Å². The lowest BCUT2D eigenvalue weighted by atomic mass is 9.88. The number of para-hydroxylation sites is 2. The van der Waals surface area contributed by atoms with E-state index in [0.717, 1.165) is 44.3 Å². The molecule has 0 radical (unpaired) electrons. The van der Waals surface area contributed by atoms with Gasteiger partial charge < -0.3 is 9.67 Å². The van der Waals surface area contributed by atoms with Gasteiger partial charge in [-0.15, -0.1) is 0 Å². The van der Waals surface area contributed by atoms with Crippen molar-refractivity contribution in [3.05, 3.63) is 109 Å². The molecule has 0 unspecified atom stereocenters. The summed E-state index contributed by atoms with van der Waals surface area (Å²) in [6, 6.07) is 33.4. The maximum Gasteiger partial charge on any atom is 0.137 e. The van der Waals surface area contributed by atoms with E-state index in [0.29, 0.717) is 0 Å².